The quantitative estimate of drug-likeness (QED) is 0.539. The molecule has 2 N–H and O–H groups in total. The number of anilines is 1. The fourth-order valence-electron chi connectivity index (χ4n) is 2.15. The molecule has 150 valence electrons. The highest BCUT2D eigenvalue weighted by Gasteiger charge is 2.27. The van der Waals surface area contributed by atoms with Crippen molar-refractivity contribution in [3.8, 4) is 0 Å². The fraction of sp³-hybridized carbons (Fsp3) is 0.278. The van der Waals surface area contributed by atoms with Gasteiger partial charge in [-0.2, -0.15) is 0 Å². The third kappa shape index (κ3) is 5.32. The second kappa shape index (κ2) is 9.36. The van der Waals surface area contributed by atoms with E-state index in [1.54, 1.807) is 31.4 Å². The van der Waals surface area contributed by atoms with Gasteiger partial charge in [0.1, 0.15) is 6.04 Å². The standard InChI is InChI=1S/C18H17F3N2O4S/c1-9(2)16(23-17(25)12-4-3-7-28-12)18(26)27-8-13(24)22-11-6-5-10(19)14(20)15(11)21/h3-7,9,16H,8H2,1-2H3,(H,22,24)(H,23,25)/t16-/m0/s1. The molecule has 0 spiro atoms. The van der Waals surface area contributed by atoms with Gasteiger partial charge in [0.05, 0.1) is 10.6 Å². The second-order valence-corrected chi connectivity index (χ2v) is 7.00. The summed E-state index contributed by atoms with van der Waals surface area (Å²) in [6.45, 7) is 2.56. The lowest BCUT2D eigenvalue weighted by Gasteiger charge is -2.20. The van der Waals surface area contributed by atoms with Gasteiger partial charge in [0, 0.05) is 0 Å². The van der Waals surface area contributed by atoms with Crippen LogP contribution in [0.4, 0.5) is 18.9 Å². The number of carbonyl (C=O) groups excluding carboxylic acids is 3. The van der Waals surface area contributed by atoms with Crippen LogP contribution in [0.25, 0.3) is 0 Å². The number of hydrogen-bond acceptors (Lipinski definition) is 5. The highest BCUT2D eigenvalue weighted by Crippen LogP contribution is 2.19. The average Bonchev–Trinajstić information content (AvgIpc) is 3.19. The molecule has 28 heavy (non-hydrogen) atoms. The van der Waals surface area contributed by atoms with Crippen molar-refractivity contribution in [3.05, 3.63) is 52.0 Å². The lowest BCUT2D eigenvalue weighted by molar-refractivity contribution is -0.150. The highest BCUT2D eigenvalue weighted by atomic mass is 32.1. The number of thiophene rings is 1. The van der Waals surface area contributed by atoms with E-state index in [4.69, 9.17) is 4.74 Å². The van der Waals surface area contributed by atoms with E-state index < -0.39 is 53.6 Å². The Labute approximate surface area is 162 Å². The maximum absolute atomic E-state index is 13.5. The molecule has 10 heteroatoms. The van der Waals surface area contributed by atoms with Gasteiger partial charge in [-0.3, -0.25) is 9.59 Å². The van der Waals surface area contributed by atoms with E-state index in [9.17, 15) is 27.6 Å². The summed E-state index contributed by atoms with van der Waals surface area (Å²) in [5.41, 5.74) is -0.591. The molecule has 1 aromatic carbocycles. The number of halogens is 3. The zero-order valence-corrected chi connectivity index (χ0v) is 15.7. The smallest absolute Gasteiger partial charge is 0.329 e. The monoisotopic (exact) mass is 414 g/mol. The van der Waals surface area contributed by atoms with E-state index in [1.165, 1.54) is 11.3 Å². The van der Waals surface area contributed by atoms with Crippen molar-refractivity contribution in [1.82, 2.24) is 5.32 Å². The Kier molecular flexibility index (Phi) is 7.16. The van der Waals surface area contributed by atoms with E-state index in [0.717, 1.165) is 6.07 Å². The number of amides is 2. The van der Waals surface area contributed by atoms with Crippen LogP contribution in [0.5, 0.6) is 0 Å². The molecule has 1 atom stereocenters. The zero-order valence-electron chi connectivity index (χ0n) is 14.9. The van der Waals surface area contributed by atoms with Crippen molar-refractivity contribution < 1.29 is 32.3 Å². The van der Waals surface area contributed by atoms with Gasteiger partial charge in [-0.05, 0) is 29.5 Å². The highest BCUT2D eigenvalue weighted by molar-refractivity contribution is 7.12. The predicted molar refractivity (Wildman–Crippen MR) is 96.3 cm³/mol. The van der Waals surface area contributed by atoms with E-state index in [2.05, 4.69) is 5.32 Å². The summed E-state index contributed by atoms with van der Waals surface area (Å²) >= 11 is 1.20. The Morgan fingerprint density at radius 3 is 2.43 bits per heavy atom. The Balaban J connectivity index is 1.94. The van der Waals surface area contributed by atoms with Gasteiger partial charge < -0.3 is 15.4 Å². The van der Waals surface area contributed by atoms with Crippen molar-refractivity contribution in [2.24, 2.45) is 5.92 Å². The minimum absolute atomic E-state index is 0.330. The van der Waals surface area contributed by atoms with E-state index in [1.807, 2.05) is 5.32 Å². The van der Waals surface area contributed by atoms with Crippen LogP contribution in [0.2, 0.25) is 0 Å². The number of esters is 1. The van der Waals surface area contributed by atoms with Crippen molar-refractivity contribution in [2.75, 3.05) is 11.9 Å². The topological polar surface area (TPSA) is 84.5 Å². The number of ether oxygens (including phenoxy) is 1. The first-order chi connectivity index (χ1) is 13.2. The average molecular weight is 414 g/mol. The Bertz CT molecular complexity index is 872. The molecule has 1 aromatic heterocycles. The molecular weight excluding hydrogens is 397 g/mol. The molecule has 0 aliphatic rings. The van der Waals surface area contributed by atoms with Gasteiger partial charge in [-0.15, -0.1) is 11.3 Å². The Hall–Kier alpha value is -2.88. The molecule has 0 aliphatic carbocycles. The molecule has 0 aliphatic heterocycles. The molecule has 0 radical (unpaired) electrons. The van der Waals surface area contributed by atoms with Gasteiger partial charge in [0.15, 0.2) is 24.1 Å². The van der Waals surface area contributed by atoms with Crippen molar-refractivity contribution >= 4 is 34.8 Å². The molecule has 2 amide bonds. The molecule has 6 nitrogen and oxygen atoms in total. The summed E-state index contributed by atoms with van der Waals surface area (Å²) in [5, 5.41) is 6.22. The predicted octanol–water partition coefficient (Wildman–Crippen LogP) is 3.10. The molecule has 2 rings (SSSR count). The molecule has 0 saturated heterocycles. The van der Waals surface area contributed by atoms with E-state index in [0.29, 0.717) is 10.9 Å². The number of benzene rings is 1. The van der Waals surface area contributed by atoms with Crippen LogP contribution < -0.4 is 10.6 Å². The van der Waals surface area contributed by atoms with Crippen LogP contribution in [-0.4, -0.2) is 30.4 Å². The first kappa shape index (κ1) is 21.4. The molecule has 0 unspecified atom stereocenters. The number of hydrogen-bond donors (Lipinski definition) is 2. The van der Waals surface area contributed by atoms with Gasteiger partial charge >= 0.3 is 5.97 Å². The van der Waals surface area contributed by atoms with Crippen LogP contribution in [0.3, 0.4) is 0 Å². The zero-order chi connectivity index (χ0) is 20.8. The minimum atomic E-state index is -1.73. The summed E-state index contributed by atoms with van der Waals surface area (Å²) < 4.78 is 44.5. The van der Waals surface area contributed by atoms with Crippen LogP contribution in [-0.2, 0) is 14.3 Å². The van der Waals surface area contributed by atoms with Crippen molar-refractivity contribution in [2.45, 2.75) is 19.9 Å². The Morgan fingerprint density at radius 1 is 1.11 bits per heavy atom. The van der Waals surface area contributed by atoms with E-state index in [-0.39, 0.29) is 5.92 Å². The third-order valence-electron chi connectivity index (χ3n) is 3.61. The number of carbonyl (C=O) groups is 3. The normalized spacial score (nSPS) is 11.8. The lowest BCUT2D eigenvalue weighted by Crippen LogP contribution is -2.45. The number of rotatable bonds is 7. The van der Waals surface area contributed by atoms with Crippen molar-refractivity contribution in [1.29, 1.82) is 0 Å². The van der Waals surface area contributed by atoms with Crippen LogP contribution in [0.1, 0.15) is 23.5 Å². The van der Waals surface area contributed by atoms with Gasteiger partial charge in [-0.25, -0.2) is 18.0 Å². The first-order valence-electron chi connectivity index (χ1n) is 8.15. The second-order valence-electron chi connectivity index (χ2n) is 6.05. The third-order valence-corrected chi connectivity index (χ3v) is 4.48. The van der Waals surface area contributed by atoms with Crippen LogP contribution >= 0.6 is 11.3 Å². The maximum atomic E-state index is 13.5. The Morgan fingerprint density at radius 2 is 1.82 bits per heavy atom. The molecule has 2 aromatic rings. The molecule has 1 heterocycles. The van der Waals surface area contributed by atoms with E-state index >= 15 is 0 Å². The fourth-order valence-corrected chi connectivity index (χ4v) is 2.78. The summed E-state index contributed by atoms with van der Waals surface area (Å²) in [6.07, 6.45) is 0. The van der Waals surface area contributed by atoms with Crippen LogP contribution in [0.15, 0.2) is 29.6 Å². The van der Waals surface area contributed by atoms with Gasteiger partial charge in [-0.1, -0.05) is 19.9 Å². The van der Waals surface area contributed by atoms with Crippen LogP contribution in [0, 0.1) is 23.4 Å². The van der Waals surface area contributed by atoms with Gasteiger partial charge in [0.25, 0.3) is 11.8 Å². The first-order valence-corrected chi connectivity index (χ1v) is 9.03. The molecule has 0 bridgehead atoms. The molecule has 0 saturated carbocycles. The van der Waals surface area contributed by atoms with Gasteiger partial charge in [0.2, 0.25) is 0 Å². The minimum Gasteiger partial charge on any atom is -0.454 e. The SMILES string of the molecule is CC(C)[C@H](NC(=O)c1cccs1)C(=O)OCC(=O)Nc1ccc(F)c(F)c1F. The summed E-state index contributed by atoms with van der Waals surface area (Å²) in [6, 6.07) is 3.75. The summed E-state index contributed by atoms with van der Waals surface area (Å²) in [5.74, 6) is -7.30. The largest absolute Gasteiger partial charge is 0.454 e. The summed E-state index contributed by atoms with van der Waals surface area (Å²) in [4.78, 5) is 36.5. The number of nitrogens with one attached hydrogen (secondary N) is 2. The molecule has 0 fully saturated rings. The lowest BCUT2D eigenvalue weighted by atomic mass is 10.0. The van der Waals surface area contributed by atoms with Crippen molar-refractivity contribution in [3.63, 3.8) is 0 Å². The summed E-state index contributed by atoms with van der Waals surface area (Å²) in [7, 11) is 0. The molecular formula is C18H17F3N2O4S. The maximum Gasteiger partial charge on any atom is 0.329 e.